The minimum Gasteiger partial charge on any atom is -0.339 e. The van der Waals surface area contributed by atoms with E-state index in [4.69, 9.17) is 11.6 Å². The number of carbonyl (C=O) groups is 1. The first-order valence-electron chi connectivity index (χ1n) is 12.3. The van der Waals surface area contributed by atoms with E-state index < -0.39 is 0 Å². The minimum atomic E-state index is -0.0744. The predicted octanol–water partition coefficient (Wildman–Crippen LogP) is 6.13. The minimum absolute atomic E-state index is 0.0744. The van der Waals surface area contributed by atoms with Crippen LogP contribution in [0.3, 0.4) is 0 Å². The van der Waals surface area contributed by atoms with Gasteiger partial charge in [-0.3, -0.25) is 4.98 Å². The molecule has 1 fully saturated rings. The average molecular weight is 512 g/mol. The van der Waals surface area contributed by atoms with Crippen molar-refractivity contribution in [2.75, 3.05) is 29.0 Å². The fraction of sp³-hybridized carbons (Fsp3) is 0.214. The summed E-state index contributed by atoms with van der Waals surface area (Å²) in [6, 6.07) is 18.3. The zero-order valence-corrected chi connectivity index (χ0v) is 20.9. The van der Waals surface area contributed by atoms with Gasteiger partial charge in [-0.2, -0.15) is 4.98 Å². The van der Waals surface area contributed by atoms with Crippen LogP contribution in [0.25, 0.3) is 0 Å². The highest BCUT2D eigenvalue weighted by Crippen LogP contribution is 2.31. The zero-order chi connectivity index (χ0) is 25.2. The van der Waals surface area contributed by atoms with Gasteiger partial charge in [-0.1, -0.05) is 41.9 Å². The Hall–Kier alpha value is -4.17. The summed E-state index contributed by atoms with van der Waals surface area (Å²) in [5.74, 6) is 1.28. The first-order valence-corrected chi connectivity index (χ1v) is 12.7. The Balaban J connectivity index is 1.26. The number of aryl methyl sites for hydroxylation is 2. The highest BCUT2D eigenvalue weighted by Gasteiger charge is 2.27. The monoisotopic (exact) mass is 511 g/mol. The maximum absolute atomic E-state index is 13.2. The molecule has 8 nitrogen and oxygen atoms in total. The number of nitrogens with one attached hydrogen (secondary N) is 3. The number of carbonyl (C=O) groups excluding carboxylic acids is 1. The van der Waals surface area contributed by atoms with E-state index >= 15 is 0 Å². The molecule has 0 saturated carbocycles. The largest absolute Gasteiger partial charge is 0.339 e. The molecule has 4 aromatic rings. The molecule has 3 N–H and O–H groups in total. The Labute approximate surface area is 220 Å². The Morgan fingerprint density at radius 2 is 1.89 bits per heavy atom. The van der Waals surface area contributed by atoms with Crippen molar-refractivity contribution in [3.63, 3.8) is 0 Å². The van der Waals surface area contributed by atoms with Crippen LogP contribution in [0.5, 0.6) is 0 Å². The van der Waals surface area contributed by atoms with Gasteiger partial charge in [0.25, 0.3) is 0 Å². The van der Waals surface area contributed by atoms with Gasteiger partial charge in [0.2, 0.25) is 5.95 Å². The first kappa shape index (κ1) is 23.2. The number of nitrogens with zero attached hydrogens (tertiary/aromatic N) is 4. The molecule has 2 amide bonds. The van der Waals surface area contributed by atoms with Gasteiger partial charge in [-0.15, -0.1) is 0 Å². The maximum Gasteiger partial charge on any atom is 0.321 e. The lowest BCUT2D eigenvalue weighted by molar-refractivity contribution is 0.222. The van der Waals surface area contributed by atoms with Gasteiger partial charge in [0, 0.05) is 36.6 Å². The summed E-state index contributed by atoms with van der Waals surface area (Å²) in [5.41, 5.74) is 5.79. The lowest BCUT2D eigenvalue weighted by atomic mass is 9.99. The molecule has 2 aliphatic heterocycles. The summed E-state index contributed by atoms with van der Waals surface area (Å²) in [6.07, 6.45) is 7.59. The van der Waals surface area contributed by atoms with Crippen molar-refractivity contribution in [3.8, 4) is 0 Å². The molecule has 4 heterocycles. The normalized spacial score (nSPS) is 16.5. The van der Waals surface area contributed by atoms with Crippen molar-refractivity contribution in [1.29, 1.82) is 0 Å². The van der Waals surface area contributed by atoms with E-state index in [1.807, 2.05) is 41.4 Å². The SMILES string of the molecule is O=C(Nc1ccc2cc1CCc1cncc(c1)Nc1ncc(Cl)c(n1)N2)N1CCC(c2ccccc2)C1. The second-order valence-electron chi connectivity index (χ2n) is 9.37. The third-order valence-corrected chi connectivity index (χ3v) is 7.11. The summed E-state index contributed by atoms with van der Waals surface area (Å²) in [5, 5.41) is 10.1. The summed E-state index contributed by atoms with van der Waals surface area (Å²) < 4.78 is 0. The molecule has 0 radical (unpaired) electrons. The third kappa shape index (κ3) is 5.20. The molecule has 1 atom stereocenters. The fourth-order valence-electron chi connectivity index (χ4n) is 4.89. The lowest BCUT2D eigenvalue weighted by Gasteiger charge is -2.20. The van der Waals surface area contributed by atoms with Crippen LogP contribution in [0.15, 0.2) is 73.2 Å². The quantitative estimate of drug-likeness (QED) is 0.299. The van der Waals surface area contributed by atoms with Crippen LogP contribution in [0.4, 0.5) is 33.6 Å². The van der Waals surface area contributed by atoms with Crippen LogP contribution in [0.1, 0.15) is 29.0 Å². The molecule has 2 aromatic heterocycles. The fourth-order valence-corrected chi connectivity index (χ4v) is 5.03. The van der Waals surface area contributed by atoms with Crippen LogP contribution in [-0.2, 0) is 12.8 Å². The van der Waals surface area contributed by atoms with Gasteiger partial charge < -0.3 is 20.9 Å². The lowest BCUT2D eigenvalue weighted by Crippen LogP contribution is -2.33. The highest BCUT2D eigenvalue weighted by molar-refractivity contribution is 6.32. The molecule has 1 saturated heterocycles. The van der Waals surface area contributed by atoms with Crippen molar-refractivity contribution in [1.82, 2.24) is 19.9 Å². The van der Waals surface area contributed by atoms with Crippen molar-refractivity contribution < 1.29 is 4.79 Å². The van der Waals surface area contributed by atoms with Crippen LogP contribution in [0, 0.1) is 0 Å². The van der Waals surface area contributed by atoms with Gasteiger partial charge in [-0.25, -0.2) is 9.78 Å². The van der Waals surface area contributed by atoms with Crippen LogP contribution < -0.4 is 16.0 Å². The summed E-state index contributed by atoms with van der Waals surface area (Å²) in [4.78, 5) is 28.3. The Bertz CT molecular complexity index is 1450. The molecule has 6 rings (SSSR count). The van der Waals surface area contributed by atoms with E-state index in [0.717, 1.165) is 54.0 Å². The van der Waals surface area contributed by atoms with Crippen molar-refractivity contribution >= 4 is 46.5 Å². The number of urea groups is 1. The van der Waals surface area contributed by atoms with Crippen LogP contribution in [-0.4, -0.2) is 39.0 Å². The Morgan fingerprint density at radius 3 is 2.78 bits per heavy atom. The van der Waals surface area contributed by atoms with Gasteiger partial charge in [-0.05, 0) is 60.2 Å². The second-order valence-corrected chi connectivity index (χ2v) is 9.77. The smallest absolute Gasteiger partial charge is 0.321 e. The van der Waals surface area contributed by atoms with E-state index in [2.05, 4.69) is 55.2 Å². The number of amides is 2. The van der Waals surface area contributed by atoms with E-state index in [-0.39, 0.29) is 6.03 Å². The predicted molar refractivity (Wildman–Crippen MR) is 146 cm³/mol. The van der Waals surface area contributed by atoms with Crippen LogP contribution >= 0.6 is 11.6 Å². The van der Waals surface area contributed by atoms with Gasteiger partial charge in [0.15, 0.2) is 5.82 Å². The molecule has 9 heteroatoms. The Morgan fingerprint density at radius 1 is 1.00 bits per heavy atom. The molecule has 1 unspecified atom stereocenters. The molecule has 37 heavy (non-hydrogen) atoms. The average Bonchev–Trinajstić information content (AvgIpc) is 3.42. The van der Waals surface area contributed by atoms with Gasteiger partial charge >= 0.3 is 6.03 Å². The molecule has 6 bridgehead atoms. The van der Waals surface area contributed by atoms with Gasteiger partial charge in [0.1, 0.15) is 5.02 Å². The Kier molecular flexibility index (Phi) is 6.32. The number of pyridine rings is 1. The van der Waals surface area contributed by atoms with Gasteiger partial charge in [0.05, 0.1) is 18.1 Å². The second kappa shape index (κ2) is 10.1. The van der Waals surface area contributed by atoms with Crippen molar-refractivity contribution in [3.05, 3.63) is 94.9 Å². The van der Waals surface area contributed by atoms with Crippen molar-refractivity contribution in [2.45, 2.75) is 25.2 Å². The van der Waals surface area contributed by atoms with E-state index in [9.17, 15) is 4.79 Å². The van der Waals surface area contributed by atoms with Crippen LogP contribution in [0.2, 0.25) is 5.02 Å². The molecule has 0 spiro atoms. The first-order chi connectivity index (χ1) is 18.1. The van der Waals surface area contributed by atoms with E-state index in [1.54, 1.807) is 12.4 Å². The number of fused-ring (bicyclic) bond motifs is 6. The molecular weight excluding hydrogens is 486 g/mol. The van der Waals surface area contributed by atoms with E-state index in [0.29, 0.717) is 29.3 Å². The van der Waals surface area contributed by atoms with Crippen molar-refractivity contribution in [2.24, 2.45) is 0 Å². The number of likely N-dealkylation sites (tertiary alicyclic amines) is 1. The number of halogens is 1. The summed E-state index contributed by atoms with van der Waals surface area (Å²) in [7, 11) is 0. The van der Waals surface area contributed by atoms with E-state index in [1.165, 1.54) is 5.56 Å². The zero-order valence-electron chi connectivity index (χ0n) is 20.1. The molecule has 186 valence electrons. The third-order valence-electron chi connectivity index (χ3n) is 6.83. The summed E-state index contributed by atoms with van der Waals surface area (Å²) in [6.45, 7) is 1.45. The molecular formula is C28H26ClN7O. The topological polar surface area (TPSA) is 95.1 Å². The molecule has 2 aliphatic rings. The number of benzene rings is 2. The number of aromatic nitrogens is 3. The maximum atomic E-state index is 13.2. The summed E-state index contributed by atoms with van der Waals surface area (Å²) >= 11 is 6.37. The standard InChI is InChI=1S/C28H26ClN7O/c29-24-16-31-27-33-23-12-18(14-30-15-23)6-7-20-13-22(32-26(24)35-27)8-9-25(20)34-28(37)36-11-10-21(17-36)19-4-2-1-3-5-19/h1-5,8-9,12-16,21H,6-7,10-11,17H2,(H,34,37)(H2,31,32,33,35). The highest BCUT2D eigenvalue weighted by atomic mass is 35.5. The number of rotatable bonds is 2. The number of hydrogen-bond acceptors (Lipinski definition) is 6. The molecule has 2 aromatic carbocycles. The molecule has 0 aliphatic carbocycles. The number of hydrogen-bond donors (Lipinski definition) is 3. The number of anilines is 5.